The van der Waals surface area contributed by atoms with Gasteiger partial charge in [-0.3, -0.25) is 14.4 Å². The van der Waals surface area contributed by atoms with Crippen LogP contribution in [0.3, 0.4) is 0 Å². The van der Waals surface area contributed by atoms with Gasteiger partial charge in [0.2, 0.25) is 17.7 Å². The summed E-state index contributed by atoms with van der Waals surface area (Å²) in [6.45, 7) is 4.57. The van der Waals surface area contributed by atoms with Crippen LogP contribution in [-0.2, 0) is 20.8 Å². The lowest BCUT2D eigenvalue weighted by molar-refractivity contribution is -0.132. The van der Waals surface area contributed by atoms with Gasteiger partial charge in [0.15, 0.2) is 0 Å². The molecule has 63 heavy (non-hydrogen) atoms. The van der Waals surface area contributed by atoms with Crippen molar-refractivity contribution in [2.75, 3.05) is 32.7 Å². The van der Waals surface area contributed by atoms with Gasteiger partial charge in [-0.15, -0.1) is 22.7 Å². The van der Waals surface area contributed by atoms with Gasteiger partial charge >= 0.3 is 0 Å². The van der Waals surface area contributed by atoms with Crippen molar-refractivity contribution in [3.8, 4) is 32.0 Å². The van der Waals surface area contributed by atoms with Gasteiger partial charge in [-0.05, 0) is 98.0 Å². The minimum absolute atomic E-state index is 0.0331. The molecule has 9 rings (SSSR count). The van der Waals surface area contributed by atoms with Crippen LogP contribution in [0, 0.1) is 0 Å². The van der Waals surface area contributed by atoms with Crippen molar-refractivity contribution < 1.29 is 14.4 Å². The number of nitrogens with zero attached hydrogens (tertiary/aromatic N) is 6. The van der Waals surface area contributed by atoms with E-state index in [0.29, 0.717) is 19.4 Å². The molecule has 3 amide bonds. The van der Waals surface area contributed by atoms with Gasteiger partial charge in [0, 0.05) is 38.1 Å². The molecule has 0 saturated carbocycles. The summed E-state index contributed by atoms with van der Waals surface area (Å²) in [7, 11) is 0. The van der Waals surface area contributed by atoms with E-state index < -0.39 is 5.92 Å². The zero-order valence-electron chi connectivity index (χ0n) is 35.7. The van der Waals surface area contributed by atoms with Crippen molar-refractivity contribution in [3.63, 3.8) is 0 Å². The smallest absolute Gasteiger partial charge is 0.245 e. The molecule has 3 saturated heterocycles. The van der Waals surface area contributed by atoms with Crippen LogP contribution in [-0.4, -0.2) is 81.3 Å². The van der Waals surface area contributed by atoms with E-state index >= 15 is 0 Å². The van der Waals surface area contributed by atoms with E-state index in [1.807, 2.05) is 82.9 Å². The molecular formula is C52H54N6O3S2. The van der Waals surface area contributed by atoms with E-state index in [9.17, 15) is 14.4 Å². The number of aromatic nitrogens is 2. The summed E-state index contributed by atoms with van der Waals surface area (Å²) in [5.41, 5.74) is 6.34. The molecule has 0 N–H and O–H groups in total. The Balaban J connectivity index is 0.826. The van der Waals surface area contributed by atoms with Gasteiger partial charge in [-0.2, -0.15) is 0 Å². The number of piperidine rings is 1. The predicted molar refractivity (Wildman–Crippen MR) is 254 cm³/mol. The highest BCUT2D eigenvalue weighted by atomic mass is 32.1. The number of carbonyl (C=O) groups excluding carboxylic acids is 3. The quantitative estimate of drug-likeness (QED) is 0.101. The zero-order chi connectivity index (χ0) is 43.0. The third-order valence-electron chi connectivity index (χ3n) is 12.7. The van der Waals surface area contributed by atoms with Crippen LogP contribution in [0.2, 0.25) is 0 Å². The number of rotatable bonds is 14. The zero-order valence-corrected chi connectivity index (χ0v) is 37.3. The number of likely N-dealkylation sites (tertiary alicyclic amines) is 3. The van der Waals surface area contributed by atoms with Gasteiger partial charge in [-0.25, -0.2) is 15.0 Å². The SMILES string of the molecule is O=C(CCCN1CCCCC1)/N=C/C(C(=O)N1CCCC1c1ncc(-c2ccc(-c3ccc(-c4cnc([C@@H]5CCCN5C(=O)Cc5ccccc5)s4)cc3)cc2)s1)c1ccccc1. The highest BCUT2D eigenvalue weighted by Crippen LogP contribution is 2.40. The lowest BCUT2D eigenvalue weighted by atomic mass is 9.98. The Labute approximate surface area is 378 Å². The van der Waals surface area contributed by atoms with Crippen molar-refractivity contribution in [3.05, 3.63) is 143 Å². The minimum atomic E-state index is -0.636. The fourth-order valence-electron chi connectivity index (χ4n) is 9.28. The summed E-state index contributed by atoms with van der Waals surface area (Å²) >= 11 is 3.32. The van der Waals surface area contributed by atoms with E-state index in [2.05, 4.69) is 58.4 Å². The van der Waals surface area contributed by atoms with Gasteiger partial charge in [0.1, 0.15) is 10.0 Å². The van der Waals surface area contributed by atoms with Crippen molar-refractivity contribution in [2.45, 2.75) is 82.2 Å². The highest BCUT2D eigenvalue weighted by Gasteiger charge is 2.36. The number of amides is 3. The molecule has 0 aliphatic carbocycles. The molecule has 3 fully saturated rings. The van der Waals surface area contributed by atoms with E-state index in [-0.39, 0.29) is 29.8 Å². The second-order valence-electron chi connectivity index (χ2n) is 16.9. The number of aliphatic imine (C=N–C) groups is 1. The molecule has 3 aliphatic rings. The maximum atomic E-state index is 14.3. The molecule has 6 aromatic rings. The maximum absolute atomic E-state index is 14.3. The monoisotopic (exact) mass is 874 g/mol. The summed E-state index contributed by atoms with van der Waals surface area (Å²) < 4.78 is 0. The topological polar surface area (TPSA) is 99.1 Å². The normalized spacial score (nSPS) is 18.6. The maximum Gasteiger partial charge on any atom is 0.245 e. The third-order valence-corrected chi connectivity index (χ3v) is 15.0. The molecule has 322 valence electrons. The standard InChI is InChI=1S/C52H54N6O3S2/c59-48(19-12-30-56-28-8-3-9-29-56)53-34-43(40-15-6-2-7-16-40)52(61)58-32-11-18-45(58)51-55-36-47(63-51)42-26-22-39(23-27-42)38-20-24-41(25-21-38)46-35-54-50(62-46)44-17-10-31-57(44)49(60)33-37-13-4-1-5-14-37/h1-2,4-7,13-16,20-27,34-36,43-45H,3,8-12,17-19,28-33H2/b53-34+/t43?,44-,45?/m0/s1. The molecule has 3 aliphatic heterocycles. The van der Waals surface area contributed by atoms with Crippen molar-refractivity contribution in [1.82, 2.24) is 24.7 Å². The third kappa shape index (κ3) is 10.3. The van der Waals surface area contributed by atoms with E-state index in [1.54, 1.807) is 28.9 Å². The van der Waals surface area contributed by atoms with Gasteiger partial charge in [0.05, 0.1) is 34.2 Å². The summed E-state index contributed by atoms with van der Waals surface area (Å²) in [6, 6.07) is 36.8. The minimum Gasteiger partial charge on any atom is -0.333 e. The molecule has 0 radical (unpaired) electrons. The largest absolute Gasteiger partial charge is 0.333 e. The highest BCUT2D eigenvalue weighted by molar-refractivity contribution is 7.15. The Morgan fingerprint density at radius 3 is 1.78 bits per heavy atom. The van der Waals surface area contributed by atoms with Gasteiger partial charge in [-0.1, -0.05) is 116 Å². The molecule has 11 heteroatoms. The molecule has 3 atom stereocenters. The molecule has 2 unspecified atom stereocenters. The molecule has 0 spiro atoms. The Bertz CT molecular complexity index is 2500. The second-order valence-corrected chi connectivity index (χ2v) is 19.1. The van der Waals surface area contributed by atoms with Crippen LogP contribution in [0.25, 0.3) is 32.0 Å². The fourth-order valence-corrected chi connectivity index (χ4v) is 11.4. The van der Waals surface area contributed by atoms with Crippen LogP contribution < -0.4 is 0 Å². The van der Waals surface area contributed by atoms with E-state index in [4.69, 9.17) is 9.97 Å². The Morgan fingerprint density at radius 1 is 0.635 bits per heavy atom. The van der Waals surface area contributed by atoms with Crippen molar-refractivity contribution in [1.29, 1.82) is 0 Å². The van der Waals surface area contributed by atoms with Gasteiger partial charge < -0.3 is 14.7 Å². The van der Waals surface area contributed by atoms with Crippen LogP contribution in [0.15, 0.2) is 127 Å². The van der Waals surface area contributed by atoms with Crippen LogP contribution in [0.5, 0.6) is 0 Å². The first kappa shape index (κ1) is 42.7. The van der Waals surface area contributed by atoms with Crippen LogP contribution in [0.4, 0.5) is 0 Å². The Kier molecular flexibility index (Phi) is 13.7. The van der Waals surface area contributed by atoms with Crippen molar-refractivity contribution >= 4 is 46.6 Å². The molecular weight excluding hydrogens is 821 g/mol. The second kappa shape index (κ2) is 20.3. The predicted octanol–water partition coefficient (Wildman–Crippen LogP) is 10.8. The number of carbonyl (C=O) groups is 3. The van der Waals surface area contributed by atoms with Crippen LogP contribution in [0.1, 0.15) is 96.9 Å². The average Bonchev–Trinajstić information content (AvgIpc) is 4.18. The van der Waals surface area contributed by atoms with E-state index in [1.165, 1.54) is 19.3 Å². The Hall–Kier alpha value is -5.62. The van der Waals surface area contributed by atoms with Gasteiger partial charge in [0.25, 0.3) is 0 Å². The lowest BCUT2D eigenvalue weighted by Gasteiger charge is -2.26. The molecule has 9 nitrogen and oxygen atoms in total. The first-order valence-corrected chi connectivity index (χ1v) is 24.2. The van der Waals surface area contributed by atoms with Crippen molar-refractivity contribution in [2.24, 2.45) is 4.99 Å². The summed E-state index contributed by atoms with van der Waals surface area (Å²) in [4.78, 5) is 63.1. The number of benzene rings is 4. The first-order chi connectivity index (χ1) is 31.0. The fraction of sp³-hybridized carbons (Fsp3) is 0.346. The van der Waals surface area contributed by atoms with Crippen LogP contribution >= 0.6 is 22.7 Å². The first-order valence-electron chi connectivity index (χ1n) is 22.6. The summed E-state index contributed by atoms with van der Waals surface area (Å²) in [5, 5.41) is 1.93. The summed E-state index contributed by atoms with van der Waals surface area (Å²) in [5.74, 6) is -0.679. The molecule has 2 aromatic heterocycles. The molecule has 0 bridgehead atoms. The lowest BCUT2D eigenvalue weighted by Crippen LogP contribution is -2.35. The Morgan fingerprint density at radius 2 is 1.17 bits per heavy atom. The summed E-state index contributed by atoms with van der Waals surface area (Å²) in [6.07, 6.45) is 14.5. The molecule has 4 aromatic carbocycles. The number of hydrogen-bond acceptors (Lipinski definition) is 8. The van der Waals surface area contributed by atoms with E-state index in [0.717, 1.165) is 111 Å². The molecule has 5 heterocycles. The number of hydrogen-bond donors (Lipinski definition) is 0. The number of thiazole rings is 2. The average molecular weight is 875 g/mol.